The van der Waals surface area contributed by atoms with Crippen molar-refractivity contribution in [2.24, 2.45) is 0 Å². The van der Waals surface area contributed by atoms with Gasteiger partial charge in [0.2, 0.25) is 5.91 Å². The van der Waals surface area contributed by atoms with Crippen molar-refractivity contribution < 1.29 is 13.9 Å². The van der Waals surface area contributed by atoms with Gasteiger partial charge in [-0.05, 0) is 54.1 Å². The highest BCUT2D eigenvalue weighted by molar-refractivity contribution is 5.80. The zero-order valence-corrected chi connectivity index (χ0v) is 14.1. The Morgan fingerprint density at radius 2 is 1.50 bits per heavy atom. The first-order valence-electron chi connectivity index (χ1n) is 8.27. The predicted molar refractivity (Wildman–Crippen MR) is 99.7 cm³/mol. The molecule has 0 aliphatic heterocycles. The van der Waals surface area contributed by atoms with E-state index in [2.05, 4.69) is 10.6 Å². The van der Waals surface area contributed by atoms with Crippen molar-refractivity contribution >= 4 is 11.6 Å². The number of carbonyl (C=O) groups is 1. The number of carbonyl (C=O) groups excluding carboxylic acids is 1. The van der Waals surface area contributed by atoms with Gasteiger partial charge >= 0.3 is 0 Å². The summed E-state index contributed by atoms with van der Waals surface area (Å²) in [4.78, 5) is 11.9. The van der Waals surface area contributed by atoms with Crippen molar-refractivity contribution in [3.8, 4) is 11.5 Å². The summed E-state index contributed by atoms with van der Waals surface area (Å²) in [5.74, 6) is 1.07. The molecule has 0 saturated carbocycles. The van der Waals surface area contributed by atoms with E-state index in [9.17, 15) is 9.18 Å². The lowest BCUT2D eigenvalue weighted by Gasteiger charge is -2.09. The number of amides is 1. The van der Waals surface area contributed by atoms with Crippen molar-refractivity contribution in [1.29, 1.82) is 0 Å². The molecule has 0 radical (unpaired) electrons. The maximum Gasteiger partial charge on any atom is 0.239 e. The fraction of sp³-hybridized carbons (Fsp3) is 0.0952. The summed E-state index contributed by atoms with van der Waals surface area (Å²) in [7, 11) is 0. The Kier molecular flexibility index (Phi) is 5.83. The Balaban J connectivity index is 1.44. The van der Waals surface area contributed by atoms with E-state index in [0.717, 1.165) is 22.7 Å². The van der Waals surface area contributed by atoms with E-state index in [0.29, 0.717) is 6.54 Å². The van der Waals surface area contributed by atoms with E-state index in [1.165, 1.54) is 12.1 Å². The Morgan fingerprint density at radius 3 is 2.19 bits per heavy atom. The fourth-order valence-corrected chi connectivity index (χ4v) is 2.31. The van der Waals surface area contributed by atoms with E-state index >= 15 is 0 Å². The lowest BCUT2D eigenvalue weighted by molar-refractivity contribution is -0.119. The molecular weight excluding hydrogens is 331 g/mol. The maximum atomic E-state index is 12.8. The number of ether oxygens (including phenoxy) is 1. The first-order valence-corrected chi connectivity index (χ1v) is 8.27. The van der Waals surface area contributed by atoms with Crippen LogP contribution in [0.15, 0.2) is 78.9 Å². The predicted octanol–water partition coefficient (Wildman–Crippen LogP) is 4.35. The Hall–Kier alpha value is -3.34. The third-order valence-electron chi connectivity index (χ3n) is 3.69. The zero-order valence-electron chi connectivity index (χ0n) is 14.1. The van der Waals surface area contributed by atoms with Gasteiger partial charge in [0.05, 0.1) is 6.54 Å². The number of benzene rings is 3. The molecule has 3 aromatic carbocycles. The van der Waals surface area contributed by atoms with Crippen LogP contribution in [0.2, 0.25) is 0 Å². The average molecular weight is 350 g/mol. The summed E-state index contributed by atoms with van der Waals surface area (Å²) in [6.07, 6.45) is 0. The van der Waals surface area contributed by atoms with Crippen molar-refractivity contribution in [1.82, 2.24) is 5.32 Å². The van der Waals surface area contributed by atoms with Crippen LogP contribution in [0.3, 0.4) is 0 Å². The molecule has 3 aromatic rings. The normalized spacial score (nSPS) is 10.2. The minimum Gasteiger partial charge on any atom is -0.457 e. The molecule has 0 saturated heterocycles. The molecular formula is C21H19FN2O2. The molecule has 0 heterocycles. The van der Waals surface area contributed by atoms with Crippen LogP contribution in [0.4, 0.5) is 10.1 Å². The number of hydrogen-bond donors (Lipinski definition) is 2. The highest BCUT2D eigenvalue weighted by Crippen LogP contribution is 2.22. The Bertz CT molecular complexity index is 834. The number of hydrogen-bond acceptors (Lipinski definition) is 3. The van der Waals surface area contributed by atoms with E-state index in [1.54, 1.807) is 12.1 Å². The third-order valence-corrected chi connectivity index (χ3v) is 3.69. The third kappa shape index (κ3) is 5.34. The van der Waals surface area contributed by atoms with Crippen LogP contribution < -0.4 is 15.4 Å². The highest BCUT2D eigenvalue weighted by Gasteiger charge is 2.03. The maximum absolute atomic E-state index is 12.8. The van der Waals surface area contributed by atoms with E-state index in [-0.39, 0.29) is 18.3 Å². The fourth-order valence-electron chi connectivity index (χ4n) is 2.31. The summed E-state index contributed by atoms with van der Waals surface area (Å²) >= 11 is 0. The number of rotatable bonds is 7. The van der Waals surface area contributed by atoms with Crippen LogP contribution in [0.25, 0.3) is 0 Å². The monoisotopic (exact) mass is 350 g/mol. The molecule has 0 aromatic heterocycles. The summed E-state index contributed by atoms with van der Waals surface area (Å²) in [6.45, 7) is 0.519. The van der Waals surface area contributed by atoms with Crippen LogP contribution in [-0.4, -0.2) is 12.5 Å². The molecule has 5 heteroatoms. The smallest absolute Gasteiger partial charge is 0.239 e. The van der Waals surface area contributed by atoms with Crippen LogP contribution in [0.1, 0.15) is 5.56 Å². The lowest BCUT2D eigenvalue weighted by Crippen LogP contribution is -2.29. The second-order valence-electron chi connectivity index (χ2n) is 5.70. The number of nitrogens with one attached hydrogen (secondary N) is 2. The second-order valence-corrected chi connectivity index (χ2v) is 5.70. The van der Waals surface area contributed by atoms with Crippen molar-refractivity contribution in [3.63, 3.8) is 0 Å². The quantitative estimate of drug-likeness (QED) is 0.666. The molecule has 132 valence electrons. The molecule has 0 atom stereocenters. The van der Waals surface area contributed by atoms with Gasteiger partial charge in [0.15, 0.2) is 0 Å². The van der Waals surface area contributed by atoms with Crippen molar-refractivity contribution in [2.45, 2.75) is 6.54 Å². The SMILES string of the molecule is O=C(CNc1ccc(Oc2ccccc2)cc1)NCc1ccc(F)cc1. The van der Waals surface area contributed by atoms with Gasteiger partial charge in [-0.3, -0.25) is 4.79 Å². The summed E-state index contributed by atoms with van der Waals surface area (Å²) in [5.41, 5.74) is 1.67. The molecule has 0 fully saturated rings. The number of halogens is 1. The van der Waals surface area contributed by atoms with Crippen molar-refractivity contribution in [2.75, 3.05) is 11.9 Å². The molecule has 1 amide bonds. The van der Waals surface area contributed by atoms with E-state index in [1.807, 2.05) is 54.6 Å². The lowest BCUT2D eigenvalue weighted by atomic mass is 10.2. The summed E-state index contributed by atoms with van der Waals surface area (Å²) in [5, 5.41) is 5.84. The van der Waals surface area contributed by atoms with Gasteiger partial charge in [-0.25, -0.2) is 4.39 Å². The molecule has 4 nitrogen and oxygen atoms in total. The average Bonchev–Trinajstić information content (AvgIpc) is 2.68. The zero-order chi connectivity index (χ0) is 18.2. The number of anilines is 1. The van der Waals surface area contributed by atoms with Crippen LogP contribution in [0, 0.1) is 5.82 Å². The molecule has 0 aliphatic rings. The molecule has 3 rings (SSSR count). The first-order chi connectivity index (χ1) is 12.7. The first kappa shape index (κ1) is 17.5. The van der Waals surface area contributed by atoms with E-state index in [4.69, 9.17) is 4.74 Å². The largest absolute Gasteiger partial charge is 0.457 e. The summed E-state index contributed by atoms with van der Waals surface area (Å²) in [6, 6.07) is 23.0. The minimum atomic E-state index is -0.290. The number of para-hydroxylation sites is 1. The highest BCUT2D eigenvalue weighted by atomic mass is 19.1. The standard InChI is InChI=1S/C21H19FN2O2/c22-17-8-6-16(7-9-17)14-24-21(25)15-23-18-10-12-20(13-11-18)26-19-4-2-1-3-5-19/h1-13,23H,14-15H2,(H,24,25). The van der Waals surface area contributed by atoms with Gasteiger partial charge in [-0.15, -0.1) is 0 Å². The van der Waals surface area contributed by atoms with Crippen molar-refractivity contribution in [3.05, 3.63) is 90.2 Å². The molecule has 0 unspecified atom stereocenters. The van der Waals surface area contributed by atoms with Gasteiger partial charge in [0.25, 0.3) is 0 Å². The topological polar surface area (TPSA) is 50.4 Å². The van der Waals surface area contributed by atoms with Gasteiger partial charge in [0.1, 0.15) is 17.3 Å². The molecule has 0 aliphatic carbocycles. The second kappa shape index (κ2) is 8.67. The van der Waals surface area contributed by atoms with Gasteiger partial charge in [-0.2, -0.15) is 0 Å². The van der Waals surface area contributed by atoms with Crippen LogP contribution in [0.5, 0.6) is 11.5 Å². The van der Waals surface area contributed by atoms with Crippen LogP contribution in [-0.2, 0) is 11.3 Å². The molecule has 26 heavy (non-hydrogen) atoms. The summed E-state index contributed by atoms with van der Waals surface area (Å²) < 4.78 is 18.6. The molecule has 2 N–H and O–H groups in total. The Labute approximate surface area is 151 Å². The minimum absolute atomic E-state index is 0.140. The van der Waals surface area contributed by atoms with Gasteiger partial charge < -0.3 is 15.4 Å². The van der Waals surface area contributed by atoms with Gasteiger partial charge in [-0.1, -0.05) is 30.3 Å². The Morgan fingerprint density at radius 1 is 0.846 bits per heavy atom. The van der Waals surface area contributed by atoms with E-state index < -0.39 is 0 Å². The van der Waals surface area contributed by atoms with Gasteiger partial charge in [0, 0.05) is 12.2 Å². The molecule has 0 bridgehead atoms. The molecule has 0 spiro atoms. The van der Waals surface area contributed by atoms with Crippen LogP contribution >= 0.6 is 0 Å².